The predicted octanol–water partition coefficient (Wildman–Crippen LogP) is 23.6. The minimum atomic E-state index is 1.05. The van der Waals surface area contributed by atoms with Crippen LogP contribution in [0.1, 0.15) is 0 Å². The molecule has 0 aliphatic carbocycles. The van der Waals surface area contributed by atoms with Crippen molar-refractivity contribution in [3.63, 3.8) is 0 Å². The topological polar surface area (TPSA) is 21.3 Å². The molecule has 0 fully saturated rings. The lowest BCUT2D eigenvalue weighted by Gasteiger charge is -2.27. The van der Waals surface area contributed by atoms with E-state index < -0.39 is 0 Å². The second-order valence-corrected chi connectivity index (χ2v) is 23.7. The van der Waals surface area contributed by atoms with Crippen LogP contribution >= 0.6 is 0 Å². The summed E-state index contributed by atoms with van der Waals surface area (Å²) in [6, 6.07) is 127. The van der Waals surface area contributed by atoms with Crippen LogP contribution in [0.4, 0.5) is 34.1 Å². The van der Waals surface area contributed by atoms with Gasteiger partial charge in [0, 0.05) is 82.9 Å². The van der Waals surface area contributed by atoms with Crippen LogP contribution in [0.3, 0.4) is 0 Å². The lowest BCUT2D eigenvalue weighted by atomic mass is 10.0. The van der Waals surface area contributed by atoms with E-state index >= 15 is 0 Å². The Kier molecular flexibility index (Phi) is 12.2. The maximum Gasteiger partial charge on any atom is 0.0542 e. The molecular weight excluding hydrogens is 1100 g/mol. The molecule has 0 atom stereocenters. The highest BCUT2D eigenvalue weighted by Gasteiger charge is 2.25. The molecule has 0 unspecified atom stereocenters. The third kappa shape index (κ3) is 8.62. The number of aromatic nitrogens is 3. The van der Waals surface area contributed by atoms with Gasteiger partial charge in [-0.3, -0.25) is 0 Å². The molecule has 0 aliphatic rings. The highest BCUT2D eigenvalue weighted by Crippen LogP contribution is 2.48. The van der Waals surface area contributed by atoms with Crippen molar-refractivity contribution < 1.29 is 0 Å². The van der Waals surface area contributed by atoms with E-state index in [-0.39, 0.29) is 0 Å². The fourth-order valence-corrected chi connectivity index (χ4v) is 14.4. The van der Waals surface area contributed by atoms with Gasteiger partial charge in [-0.1, -0.05) is 200 Å². The molecule has 5 nitrogen and oxygen atoms in total. The maximum absolute atomic E-state index is 2.48. The van der Waals surface area contributed by atoms with Crippen LogP contribution < -0.4 is 9.80 Å². The summed E-state index contributed by atoms with van der Waals surface area (Å²) in [5, 5.41) is 11.7. The van der Waals surface area contributed by atoms with Crippen molar-refractivity contribution in [1.29, 1.82) is 0 Å². The number of benzene rings is 15. The van der Waals surface area contributed by atoms with E-state index in [4.69, 9.17) is 0 Å². The highest BCUT2D eigenvalue weighted by atomic mass is 15.2. The van der Waals surface area contributed by atoms with Crippen molar-refractivity contribution in [2.75, 3.05) is 9.80 Å². The largest absolute Gasteiger partial charge is 0.310 e. The number of hydrogen-bond acceptors (Lipinski definition) is 2. The smallest absolute Gasteiger partial charge is 0.0542 e. The summed E-state index contributed by atoms with van der Waals surface area (Å²) >= 11 is 0. The van der Waals surface area contributed by atoms with Gasteiger partial charge in [-0.25, -0.2) is 0 Å². The van der Waals surface area contributed by atoms with Crippen molar-refractivity contribution >= 4 is 121 Å². The first-order valence-electron chi connectivity index (χ1n) is 31.2. The van der Waals surface area contributed by atoms with Crippen LogP contribution in [0.5, 0.6) is 0 Å². The SMILES string of the molecule is c1ccc(-c2ccc3c(c2)c2cc(N(c4ccc5c(c4)c4cc(N(c6ccc7c(c6)c6cc(-c8ccccc8)ccc6n7-c6ccccc6)c6cccc7ccccc67)ccc4n5-c4ccccc4)c4cccc5ccccc45)ccc2n3-c2ccccc2)cc1. The normalized spacial score (nSPS) is 11.7. The standard InChI is InChI=1S/C86H57N5/c1-6-22-58(23-7-1)62-40-46-81-73(52-62)75-54-67(42-48-83(75)89(81)64-30-10-3-11-31-64)87(79-38-20-28-60-26-16-18-36-71(60)79)69-44-50-85-77(56-69)78-57-70(45-51-86(78)91(85)66-34-14-5-15-35-66)88(80-39-21-29-61-27-17-19-37-72(61)80)68-43-49-84-76(55-68)74-53-63(59-24-8-2-9-25-59)41-47-82(74)90(84)65-32-12-4-13-33-65/h1-57H. The summed E-state index contributed by atoms with van der Waals surface area (Å²) in [5.41, 5.74) is 21.4. The van der Waals surface area contributed by atoms with E-state index in [0.29, 0.717) is 0 Å². The Hall–Kier alpha value is -12.2. The van der Waals surface area contributed by atoms with Gasteiger partial charge in [0.2, 0.25) is 0 Å². The van der Waals surface area contributed by atoms with E-state index in [2.05, 4.69) is 369 Å². The van der Waals surface area contributed by atoms with Gasteiger partial charge in [-0.15, -0.1) is 0 Å². The van der Waals surface area contributed by atoms with E-state index in [0.717, 1.165) is 95.1 Å². The second kappa shape index (κ2) is 21.3. The number of rotatable bonds is 11. The van der Waals surface area contributed by atoms with Crippen LogP contribution in [0, 0.1) is 0 Å². The van der Waals surface area contributed by atoms with Gasteiger partial charge in [-0.05, 0) is 179 Å². The van der Waals surface area contributed by atoms with Crippen molar-refractivity contribution in [2.45, 2.75) is 0 Å². The molecule has 0 aliphatic heterocycles. The Morgan fingerprint density at radius 3 is 0.769 bits per heavy atom. The first kappa shape index (κ1) is 52.0. The highest BCUT2D eigenvalue weighted by molar-refractivity contribution is 6.16. The Morgan fingerprint density at radius 1 is 0.176 bits per heavy atom. The monoisotopic (exact) mass is 1160 g/mol. The number of hydrogen-bond donors (Lipinski definition) is 0. The summed E-state index contributed by atoms with van der Waals surface area (Å²) in [6.07, 6.45) is 0. The molecule has 3 heterocycles. The fraction of sp³-hybridized carbons (Fsp3) is 0. The summed E-state index contributed by atoms with van der Waals surface area (Å²) in [7, 11) is 0. The van der Waals surface area contributed by atoms with Crippen LogP contribution in [-0.4, -0.2) is 13.7 Å². The molecule has 18 rings (SSSR count). The molecule has 0 spiro atoms. The van der Waals surface area contributed by atoms with E-state index in [1.165, 1.54) is 65.3 Å². The first-order valence-corrected chi connectivity index (χ1v) is 31.2. The molecule has 0 amide bonds. The van der Waals surface area contributed by atoms with Crippen LogP contribution in [-0.2, 0) is 0 Å². The Morgan fingerprint density at radius 2 is 0.440 bits per heavy atom. The van der Waals surface area contributed by atoms with E-state index in [1.807, 2.05) is 0 Å². The molecule has 3 aromatic heterocycles. The molecule has 0 saturated heterocycles. The van der Waals surface area contributed by atoms with E-state index in [1.54, 1.807) is 0 Å². The third-order valence-corrected chi connectivity index (χ3v) is 18.5. The molecular formula is C86H57N5. The summed E-state index contributed by atoms with van der Waals surface area (Å²) in [4.78, 5) is 4.96. The molecule has 91 heavy (non-hydrogen) atoms. The van der Waals surface area contributed by atoms with Gasteiger partial charge in [-0.2, -0.15) is 0 Å². The zero-order valence-corrected chi connectivity index (χ0v) is 49.6. The van der Waals surface area contributed by atoms with Crippen molar-refractivity contribution in [3.05, 3.63) is 346 Å². The van der Waals surface area contributed by atoms with Crippen LogP contribution in [0.2, 0.25) is 0 Å². The second-order valence-electron chi connectivity index (χ2n) is 23.7. The summed E-state index contributed by atoms with van der Waals surface area (Å²) < 4.78 is 7.27. The summed E-state index contributed by atoms with van der Waals surface area (Å²) in [5.74, 6) is 0. The molecule has 18 aromatic rings. The summed E-state index contributed by atoms with van der Waals surface area (Å²) in [6.45, 7) is 0. The Balaban J connectivity index is 0.880. The predicted molar refractivity (Wildman–Crippen MR) is 385 cm³/mol. The number of anilines is 6. The number of nitrogens with zero attached hydrogens (tertiary/aromatic N) is 5. The lowest BCUT2D eigenvalue weighted by Crippen LogP contribution is -2.10. The Labute approximate surface area is 526 Å². The molecule has 0 N–H and O–H groups in total. The molecule has 0 bridgehead atoms. The average molecular weight is 1160 g/mol. The zero-order valence-electron chi connectivity index (χ0n) is 49.6. The molecule has 0 radical (unpaired) electrons. The van der Waals surface area contributed by atoms with Gasteiger partial charge in [0.15, 0.2) is 0 Å². The third-order valence-electron chi connectivity index (χ3n) is 18.5. The van der Waals surface area contributed by atoms with Gasteiger partial charge < -0.3 is 23.5 Å². The van der Waals surface area contributed by atoms with Crippen LogP contribution in [0.15, 0.2) is 346 Å². The first-order chi connectivity index (χ1) is 45.1. The maximum atomic E-state index is 2.48. The van der Waals surface area contributed by atoms with Crippen LogP contribution in [0.25, 0.3) is 126 Å². The minimum absolute atomic E-state index is 1.05. The van der Waals surface area contributed by atoms with Crippen molar-refractivity contribution in [1.82, 2.24) is 13.7 Å². The molecule has 15 aromatic carbocycles. The molecule has 426 valence electrons. The van der Waals surface area contributed by atoms with Gasteiger partial charge in [0.1, 0.15) is 0 Å². The minimum Gasteiger partial charge on any atom is -0.310 e. The van der Waals surface area contributed by atoms with Gasteiger partial charge in [0.05, 0.1) is 44.5 Å². The lowest BCUT2D eigenvalue weighted by molar-refractivity contribution is 1.18. The Bertz CT molecular complexity index is 5480. The van der Waals surface area contributed by atoms with E-state index in [9.17, 15) is 0 Å². The van der Waals surface area contributed by atoms with Crippen molar-refractivity contribution in [3.8, 4) is 39.3 Å². The number of fused-ring (bicyclic) bond motifs is 11. The van der Waals surface area contributed by atoms with Crippen molar-refractivity contribution in [2.24, 2.45) is 0 Å². The quantitative estimate of drug-likeness (QED) is 0.129. The van der Waals surface area contributed by atoms with Gasteiger partial charge >= 0.3 is 0 Å². The fourth-order valence-electron chi connectivity index (χ4n) is 14.4. The zero-order chi connectivity index (χ0) is 59.9. The average Bonchev–Trinajstić information content (AvgIpc) is 1.70. The molecule has 5 heteroatoms. The molecule has 0 saturated carbocycles. The number of para-hydroxylation sites is 3. The van der Waals surface area contributed by atoms with Gasteiger partial charge in [0.25, 0.3) is 0 Å².